The molecule has 0 unspecified atom stereocenters. The van der Waals surface area contributed by atoms with Crippen LogP contribution in [0.5, 0.6) is 0 Å². The summed E-state index contributed by atoms with van der Waals surface area (Å²) in [6.45, 7) is 3.39. The number of carbonyl (C=O) groups is 5. The first-order valence-electron chi connectivity index (χ1n) is 11.2. The van der Waals surface area contributed by atoms with E-state index in [2.05, 4.69) is 38.9 Å². The van der Waals surface area contributed by atoms with Crippen LogP contribution >= 0.6 is 12.6 Å². The summed E-state index contributed by atoms with van der Waals surface area (Å²) < 4.78 is 0. The number of nitrogens with one attached hydrogen (secondary N) is 4. The molecule has 3 atom stereocenters. The van der Waals surface area contributed by atoms with Crippen LogP contribution in [0.15, 0.2) is 4.99 Å². The molecule has 0 radical (unpaired) electrons. The van der Waals surface area contributed by atoms with Crippen molar-refractivity contribution in [3.05, 3.63) is 0 Å². The van der Waals surface area contributed by atoms with E-state index in [4.69, 9.17) is 22.9 Å². The maximum Gasteiger partial charge on any atom is 0.243 e. The number of nitrogens with zero attached hydrogens (tertiary/aromatic N) is 1. The van der Waals surface area contributed by atoms with Gasteiger partial charge in [-0.15, -0.1) is 0 Å². The Morgan fingerprint density at radius 1 is 0.914 bits per heavy atom. The fraction of sp³-hybridized carbons (Fsp3) is 0.700. The molecule has 0 aliphatic rings. The minimum absolute atomic E-state index is 0.110. The number of aliphatic imine (C=N–C) groups is 1. The van der Waals surface area contributed by atoms with Gasteiger partial charge in [0.05, 0.1) is 6.54 Å². The van der Waals surface area contributed by atoms with Crippen LogP contribution in [-0.4, -0.2) is 79.0 Å². The van der Waals surface area contributed by atoms with Crippen molar-refractivity contribution in [1.82, 2.24) is 21.3 Å². The van der Waals surface area contributed by atoms with Crippen molar-refractivity contribution in [3.8, 4) is 0 Å². The van der Waals surface area contributed by atoms with E-state index >= 15 is 0 Å². The Morgan fingerprint density at radius 2 is 1.57 bits per heavy atom. The van der Waals surface area contributed by atoms with E-state index in [-0.39, 0.29) is 43.7 Å². The Labute approximate surface area is 210 Å². The number of nitrogens with two attached hydrogens (primary N) is 4. The van der Waals surface area contributed by atoms with Crippen LogP contribution in [0.3, 0.4) is 0 Å². The standard InChI is InChI=1S/C20H39N9O5S/c1-11(2)8-14(17(22)32)28-16(31)10-27-19(34)13(4-3-6-25-20(23)24)29-18(33)12(21)9-26-15(30)5-7-35/h11-14,35H,3-10,21H2,1-2H3,(H2,22,32)(H,26,30)(H,27,34)(H,28,31)(H,29,33)(H4,23,24,25)/t12-,13-,14-/m0/s1. The molecule has 200 valence electrons. The monoisotopic (exact) mass is 517 g/mol. The lowest BCUT2D eigenvalue weighted by Gasteiger charge is -2.21. The average molecular weight is 518 g/mol. The van der Waals surface area contributed by atoms with Crippen molar-refractivity contribution >= 4 is 48.1 Å². The lowest BCUT2D eigenvalue weighted by molar-refractivity contribution is -0.131. The normalized spacial score (nSPS) is 13.2. The molecule has 0 heterocycles. The molecule has 0 rings (SSSR count). The van der Waals surface area contributed by atoms with Gasteiger partial charge in [0.25, 0.3) is 0 Å². The van der Waals surface area contributed by atoms with Gasteiger partial charge < -0.3 is 44.2 Å². The molecule has 0 saturated carbocycles. The second kappa shape index (κ2) is 17.4. The lowest BCUT2D eigenvalue weighted by atomic mass is 10.0. The third kappa shape index (κ3) is 15.5. The maximum atomic E-state index is 12.7. The van der Waals surface area contributed by atoms with Gasteiger partial charge in [-0.3, -0.25) is 29.0 Å². The van der Waals surface area contributed by atoms with Crippen LogP contribution in [0.2, 0.25) is 0 Å². The summed E-state index contributed by atoms with van der Waals surface area (Å²) in [5.74, 6) is -2.59. The van der Waals surface area contributed by atoms with E-state index in [1.807, 2.05) is 13.8 Å². The van der Waals surface area contributed by atoms with Crippen LogP contribution in [0.25, 0.3) is 0 Å². The Bertz CT molecular complexity index is 759. The van der Waals surface area contributed by atoms with Crippen molar-refractivity contribution in [2.75, 3.05) is 25.4 Å². The van der Waals surface area contributed by atoms with E-state index in [1.165, 1.54) is 0 Å². The van der Waals surface area contributed by atoms with Crippen LogP contribution in [-0.2, 0) is 24.0 Å². The predicted molar refractivity (Wildman–Crippen MR) is 135 cm³/mol. The predicted octanol–water partition coefficient (Wildman–Crippen LogP) is -3.58. The van der Waals surface area contributed by atoms with Gasteiger partial charge in [-0.2, -0.15) is 12.6 Å². The molecule has 5 amide bonds. The quantitative estimate of drug-likeness (QED) is 0.0402. The summed E-state index contributed by atoms with van der Waals surface area (Å²) in [6.07, 6.45) is 1.00. The first-order chi connectivity index (χ1) is 16.4. The largest absolute Gasteiger partial charge is 0.370 e. The van der Waals surface area contributed by atoms with E-state index in [0.717, 1.165) is 0 Å². The van der Waals surface area contributed by atoms with E-state index < -0.39 is 48.3 Å². The Balaban J connectivity index is 5.02. The number of amides is 5. The van der Waals surface area contributed by atoms with Crippen LogP contribution in [0.4, 0.5) is 0 Å². The van der Waals surface area contributed by atoms with E-state index in [9.17, 15) is 24.0 Å². The van der Waals surface area contributed by atoms with Gasteiger partial charge >= 0.3 is 0 Å². The number of thiol groups is 1. The smallest absolute Gasteiger partial charge is 0.243 e. The van der Waals surface area contributed by atoms with Crippen molar-refractivity contribution in [2.24, 2.45) is 33.8 Å². The van der Waals surface area contributed by atoms with Crippen LogP contribution < -0.4 is 44.2 Å². The fourth-order valence-electron chi connectivity index (χ4n) is 2.81. The second-order valence-corrected chi connectivity index (χ2v) is 8.71. The van der Waals surface area contributed by atoms with Gasteiger partial charge in [0.1, 0.15) is 18.1 Å². The lowest BCUT2D eigenvalue weighted by Crippen LogP contribution is -2.55. The number of primary amides is 1. The number of rotatable bonds is 17. The van der Waals surface area contributed by atoms with E-state index in [1.54, 1.807) is 0 Å². The highest BCUT2D eigenvalue weighted by atomic mass is 32.1. The summed E-state index contributed by atoms with van der Waals surface area (Å²) in [5, 5.41) is 9.91. The second-order valence-electron chi connectivity index (χ2n) is 8.26. The highest BCUT2D eigenvalue weighted by Gasteiger charge is 2.25. The molecule has 0 aliphatic heterocycles. The first kappa shape index (κ1) is 31.9. The molecule has 15 heteroatoms. The van der Waals surface area contributed by atoms with Crippen LogP contribution in [0, 0.1) is 5.92 Å². The van der Waals surface area contributed by atoms with Gasteiger partial charge in [-0.1, -0.05) is 13.8 Å². The van der Waals surface area contributed by atoms with E-state index in [0.29, 0.717) is 18.6 Å². The van der Waals surface area contributed by atoms with Gasteiger partial charge in [0.2, 0.25) is 29.5 Å². The highest BCUT2D eigenvalue weighted by Crippen LogP contribution is 2.04. The SMILES string of the molecule is CC(C)C[C@H](NC(=O)CNC(=O)[C@H](CCCN=C(N)N)NC(=O)[C@@H](N)CNC(=O)CCS)C(N)=O. The first-order valence-corrected chi connectivity index (χ1v) is 11.9. The topological polar surface area (TPSA) is 250 Å². The molecule has 0 aromatic carbocycles. The Morgan fingerprint density at radius 3 is 2.11 bits per heavy atom. The summed E-state index contributed by atoms with van der Waals surface area (Å²) in [5.41, 5.74) is 21.7. The molecular formula is C20H39N9O5S. The summed E-state index contributed by atoms with van der Waals surface area (Å²) in [6, 6.07) is -3.03. The molecule has 0 aromatic rings. The Kier molecular flexibility index (Phi) is 15.9. The zero-order chi connectivity index (χ0) is 27.0. The van der Waals surface area contributed by atoms with Crippen molar-refractivity contribution in [1.29, 1.82) is 0 Å². The summed E-state index contributed by atoms with van der Waals surface area (Å²) >= 11 is 3.95. The fourth-order valence-corrected chi connectivity index (χ4v) is 3.01. The molecule has 0 aromatic heterocycles. The highest BCUT2D eigenvalue weighted by molar-refractivity contribution is 7.80. The Hall–Kier alpha value is -3.07. The third-order valence-electron chi connectivity index (χ3n) is 4.58. The molecule has 35 heavy (non-hydrogen) atoms. The molecule has 0 fully saturated rings. The molecule has 0 bridgehead atoms. The summed E-state index contributed by atoms with van der Waals surface area (Å²) in [4.78, 5) is 64.2. The van der Waals surface area contributed by atoms with Crippen molar-refractivity contribution in [3.63, 3.8) is 0 Å². The number of carbonyl (C=O) groups excluding carboxylic acids is 5. The van der Waals surface area contributed by atoms with Gasteiger partial charge in [-0.05, 0) is 30.9 Å². The van der Waals surface area contributed by atoms with Crippen molar-refractivity contribution < 1.29 is 24.0 Å². The molecular weight excluding hydrogens is 478 g/mol. The molecule has 14 nitrogen and oxygen atoms in total. The number of hydrogen-bond donors (Lipinski definition) is 9. The maximum absolute atomic E-state index is 12.7. The summed E-state index contributed by atoms with van der Waals surface area (Å²) in [7, 11) is 0. The van der Waals surface area contributed by atoms with Gasteiger partial charge in [-0.25, -0.2) is 0 Å². The van der Waals surface area contributed by atoms with Crippen LogP contribution in [0.1, 0.15) is 39.5 Å². The molecule has 0 spiro atoms. The van der Waals surface area contributed by atoms with Crippen molar-refractivity contribution in [2.45, 2.75) is 57.7 Å². The molecule has 0 aliphatic carbocycles. The minimum atomic E-state index is -1.11. The molecule has 12 N–H and O–H groups in total. The zero-order valence-electron chi connectivity index (χ0n) is 20.2. The number of hydrogen-bond acceptors (Lipinski definition) is 8. The third-order valence-corrected chi connectivity index (χ3v) is 4.81. The number of guanidine groups is 1. The molecule has 0 saturated heterocycles. The minimum Gasteiger partial charge on any atom is -0.370 e. The van der Waals surface area contributed by atoms with Gasteiger partial charge in [0.15, 0.2) is 5.96 Å². The zero-order valence-corrected chi connectivity index (χ0v) is 21.1. The van der Waals surface area contributed by atoms with Gasteiger partial charge in [0, 0.05) is 19.5 Å². The average Bonchev–Trinajstić information content (AvgIpc) is 2.76.